The maximum atomic E-state index is 12.4. The lowest BCUT2D eigenvalue weighted by Gasteiger charge is -2.09. The van der Waals surface area contributed by atoms with E-state index < -0.39 is 0 Å². The first-order chi connectivity index (χ1) is 16.0. The fraction of sp³-hybridized carbons (Fsp3) is 0.280. The van der Waals surface area contributed by atoms with Gasteiger partial charge in [-0.25, -0.2) is 4.68 Å². The van der Waals surface area contributed by atoms with Gasteiger partial charge in [0.2, 0.25) is 0 Å². The van der Waals surface area contributed by atoms with E-state index in [0.29, 0.717) is 36.6 Å². The Morgan fingerprint density at radius 3 is 2.62 bits per heavy atom. The van der Waals surface area contributed by atoms with Crippen LogP contribution in [0.4, 0.5) is 5.69 Å². The van der Waals surface area contributed by atoms with E-state index in [4.69, 9.17) is 16.2 Å². The van der Waals surface area contributed by atoms with Crippen LogP contribution in [0.3, 0.4) is 0 Å². The molecule has 0 spiro atoms. The minimum absolute atomic E-state index is 0. The fourth-order valence-corrected chi connectivity index (χ4v) is 3.12. The molecule has 0 fully saturated rings. The van der Waals surface area contributed by atoms with Gasteiger partial charge in [0.25, 0.3) is 17.5 Å². The quantitative estimate of drug-likeness (QED) is 0.253. The van der Waals surface area contributed by atoms with Gasteiger partial charge in [0.1, 0.15) is 0 Å². The molecule has 0 atom stereocenters. The van der Waals surface area contributed by atoms with Crippen LogP contribution >= 0.6 is 0 Å². The predicted octanol–water partition coefficient (Wildman–Crippen LogP) is 2.66. The number of benzene rings is 2. The number of ether oxygens (including phenoxy) is 1. The van der Waals surface area contributed by atoms with Crippen molar-refractivity contribution in [3.63, 3.8) is 0 Å². The van der Waals surface area contributed by atoms with E-state index in [-0.39, 0.29) is 31.5 Å². The van der Waals surface area contributed by atoms with Crippen LogP contribution < -0.4 is 22.3 Å². The SMILES string of the molecule is C.CCOC(N)=Nc1cccc(Cn2nc(-c3ccc(C(=O)NCCCN)cc3)ccc2=O)c1. The maximum Gasteiger partial charge on any atom is 0.287 e. The minimum atomic E-state index is -0.225. The highest BCUT2D eigenvalue weighted by atomic mass is 16.5. The molecule has 3 rings (SSSR count). The molecule has 3 aromatic rings. The van der Waals surface area contributed by atoms with E-state index in [9.17, 15) is 9.59 Å². The summed E-state index contributed by atoms with van der Waals surface area (Å²) in [5.74, 6) is -0.152. The van der Waals surface area contributed by atoms with Crippen LogP contribution in [0.1, 0.15) is 36.7 Å². The van der Waals surface area contributed by atoms with Crippen LogP contribution in [0.15, 0.2) is 70.5 Å². The number of nitrogens with two attached hydrogens (primary N) is 2. The molecule has 0 radical (unpaired) electrons. The molecule has 0 unspecified atom stereocenters. The molecule has 0 aliphatic heterocycles. The number of carbonyl (C=O) groups excluding carboxylic acids is 1. The molecular weight excluding hydrogens is 432 g/mol. The Kier molecular flexibility index (Phi) is 9.97. The summed E-state index contributed by atoms with van der Waals surface area (Å²) in [6, 6.07) is 17.6. The van der Waals surface area contributed by atoms with Crippen LogP contribution in [-0.4, -0.2) is 41.4 Å². The van der Waals surface area contributed by atoms with Crippen LogP contribution in [0.2, 0.25) is 0 Å². The molecule has 9 heteroatoms. The largest absolute Gasteiger partial charge is 0.465 e. The van der Waals surface area contributed by atoms with Gasteiger partial charge in [-0.15, -0.1) is 0 Å². The Balaban J connectivity index is 0.00000408. The molecule has 0 saturated carbocycles. The Hall–Kier alpha value is -3.98. The molecule has 1 amide bonds. The molecule has 9 nitrogen and oxygen atoms in total. The topological polar surface area (TPSA) is 138 Å². The molecule has 2 aromatic carbocycles. The van der Waals surface area contributed by atoms with Crippen molar-refractivity contribution < 1.29 is 9.53 Å². The van der Waals surface area contributed by atoms with Gasteiger partial charge in [0, 0.05) is 23.7 Å². The summed E-state index contributed by atoms with van der Waals surface area (Å²) in [4.78, 5) is 28.8. The van der Waals surface area contributed by atoms with Crippen molar-refractivity contribution in [3.05, 3.63) is 82.1 Å². The second-order valence-electron chi connectivity index (χ2n) is 7.24. The molecule has 0 bridgehead atoms. The van der Waals surface area contributed by atoms with E-state index in [1.165, 1.54) is 10.7 Å². The first-order valence-corrected chi connectivity index (χ1v) is 10.7. The Labute approximate surface area is 199 Å². The third kappa shape index (κ3) is 7.28. The lowest BCUT2D eigenvalue weighted by Crippen LogP contribution is -2.25. The van der Waals surface area contributed by atoms with Crippen molar-refractivity contribution in [2.75, 3.05) is 19.7 Å². The van der Waals surface area contributed by atoms with Crippen molar-refractivity contribution in [2.24, 2.45) is 16.5 Å². The number of nitrogens with one attached hydrogen (secondary N) is 1. The minimum Gasteiger partial charge on any atom is -0.465 e. The standard InChI is InChI=1S/C24H28N6O3.CH4/c1-2-33-24(26)28-20-6-3-5-17(15-20)16-30-22(31)12-11-21(29-30)18-7-9-19(10-8-18)23(32)27-14-4-13-25;/h3,5-12,15H,2,4,13-14,16,25H2,1H3,(H2,26,28)(H,27,32);1H4. The van der Waals surface area contributed by atoms with Gasteiger partial charge in [-0.2, -0.15) is 10.1 Å². The summed E-state index contributed by atoms with van der Waals surface area (Å²) in [7, 11) is 0. The average Bonchev–Trinajstić information content (AvgIpc) is 2.81. The smallest absolute Gasteiger partial charge is 0.287 e. The average molecular weight is 465 g/mol. The predicted molar refractivity (Wildman–Crippen MR) is 135 cm³/mol. The van der Waals surface area contributed by atoms with Gasteiger partial charge in [-0.1, -0.05) is 31.7 Å². The zero-order chi connectivity index (χ0) is 23.6. The van der Waals surface area contributed by atoms with Gasteiger partial charge in [-0.05, 0) is 55.8 Å². The molecular formula is C25H32N6O3. The fourth-order valence-electron chi connectivity index (χ4n) is 3.12. The summed E-state index contributed by atoms with van der Waals surface area (Å²) in [6.07, 6.45) is 0.727. The van der Waals surface area contributed by atoms with E-state index in [1.54, 1.807) is 36.4 Å². The Bertz CT molecular complexity index is 1170. The molecule has 5 N–H and O–H groups in total. The van der Waals surface area contributed by atoms with Crippen molar-refractivity contribution in [3.8, 4) is 11.3 Å². The number of hydrogen-bond acceptors (Lipinski definition) is 6. The number of carbonyl (C=O) groups is 1. The normalized spacial score (nSPS) is 10.9. The number of hydrogen-bond donors (Lipinski definition) is 3. The van der Waals surface area contributed by atoms with Crippen molar-refractivity contribution in [2.45, 2.75) is 27.3 Å². The molecule has 180 valence electrons. The van der Waals surface area contributed by atoms with Gasteiger partial charge >= 0.3 is 0 Å². The van der Waals surface area contributed by atoms with Crippen LogP contribution in [0, 0.1) is 0 Å². The van der Waals surface area contributed by atoms with E-state index in [1.807, 2.05) is 25.1 Å². The second-order valence-corrected chi connectivity index (χ2v) is 7.24. The molecule has 0 aliphatic carbocycles. The summed E-state index contributed by atoms with van der Waals surface area (Å²) in [5.41, 5.74) is 14.4. The zero-order valence-electron chi connectivity index (χ0n) is 18.5. The van der Waals surface area contributed by atoms with Gasteiger partial charge in [0.05, 0.1) is 24.5 Å². The van der Waals surface area contributed by atoms with Gasteiger partial charge in [-0.3, -0.25) is 9.59 Å². The summed E-state index contributed by atoms with van der Waals surface area (Å²) in [6.45, 7) is 3.59. The molecule has 1 heterocycles. The third-order valence-corrected chi connectivity index (χ3v) is 4.75. The summed E-state index contributed by atoms with van der Waals surface area (Å²) in [5, 5.41) is 7.32. The van der Waals surface area contributed by atoms with Gasteiger partial charge < -0.3 is 21.5 Å². The van der Waals surface area contributed by atoms with Crippen LogP contribution in [-0.2, 0) is 11.3 Å². The number of amides is 1. The summed E-state index contributed by atoms with van der Waals surface area (Å²) >= 11 is 0. The van der Waals surface area contributed by atoms with Crippen molar-refractivity contribution >= 4 is 17.6 Å². The maximum absolute atomic E-state index is 12.4. The highest BCUT2D eigenvalue weighted by molar-refractivity contribution is 5.94. The third-order valence-electron chi connectivity index (χ3n) is 4.75. The van der Waals surface area contributed by atoms with Crippen LogP contribution in [0.5, 0.6) is 0 Å². The van der Waals surface area contributed by atoms with Crippen LogP contribution in [0.25, 0.3) is 11.3 Å². The number of nitrogens with zero attached hydrogens (tertiary/aromatic N) is 3. The lowest BCUT2D eigenvalue weighted by atomic mass is 10.1. The number of amidine groups is 1. The Morgan fingerprint density at radius 2 is 1.91 bits per heavy atom. The highest BCUT2D eigenvalue weighted by Crippen LogP contribution is 2.18. The number of aromatic nitrogens is 2. The molecule has 1 aromatic heterocycles. The van der Waals surface area contributed by atoms with E-state index >= 15 is 0 Å². The highest BCUT2D eigenvalue weighted by Gasteiger charge is 2.08. The monoisotopic (exact) mass is 464 g/mol. The Morgan fingerprint density at radius 1 is 1.15 bits per heavy atom. The molecule has 0 saturated heterocycles. The first kappa shape index (κ1) is 26.3. The van der Waals surface area contributed by atoms with Crippen molar-refractivity contribution in [1.29, 1.82) is 0 Å². The zero-order valence-corrected chi connectivity index (χ0v) is 18.5. The first-order valence-electron chi connectivity index (χ1n) is 10.7. The molecule has 0 aliphatic rings. The lowest BCUT2D eigenvalue weighted by molar-refractivity contribution is 0.0953. The van der Waals surface area contributed by atoms with E-state index in [0.717, 1.165) is 17.5 Å². The number of rotatable bonds is 9. The molecule has 34 heavy (non-hydrogen) atoms. The second kappa shape index (κ2) is 12.9. The van der Waals surface area contributed by atoms with Gasteiger partial charge in [0.15, 0.2) is 0 Å². The summed E-state index contributed by atoms with van der Waals surface area (Å²) < 4.78 is 6.55. The van der Waals surface area contributed by atoms with E-state index in [2.05, 4.69) is 15.4 Å². The number of aliphatic imine (C=N–C) groups is 1. The van der Waals surface area contributed by atoms with Crippen molar-refractivity contribution in [1.82, 2.24) is 15.1 Å².